The van der Waals surface area contributed by atoms with Crippen molar-refractivity contribution in [1.29, 1.82) is 0 Å². The van der Waals surface area contributed by atoms with Gasteiger partial charge in [0.05, 0.1) is 6.61 Å². The van der Waals surface area contributed by atoms with Gasteiger partial charge in [-0.25, -0.2) is 0 Å². The van der Waals surface area contributed by atoms with Gasteiger partial charge in [0, 0.05) is 16.8 Å². The van der Waals surface area contributed by atoms with Gasteiger partial charge in [-0.15, -0.1) is 11.6 Å². The number of ether oxygens (including phenoxy) is 1. The van der Waals surface area contributed by atoms with E-state index in [2.05, 4.69) is 28.1 Å². The molecule has 1 saturated carbocycles. The van der Waals surface area contributed by atoms with Gasteiger partial charge in [0.1, 0.15) is 5.75 Å². The lowest BCUT2D eigenvalue weighted by Crippen LogP contribution is -2.28. The molecule has 19 heavy (non-hydrogen) atoms. The first-order valence-corrected chi connectivity index (χ1v) is 8.55. The number of halogens is 2. The van der Waals surface area contributed by atoms with Crippen LogP contribution in [0.1, 0.15) is 43.2 Å². The third-order valence-corrected chi connectivity index (χ3v) is 5.61. The van der Waals surface area contributed by atoms with E-state index in [0.29, 0.717) is 5.41 Å². The minimum Gasteiger partial charge on any atom is -0.493 e. The Labute approximate surface area is 128 Å². The molecule has 0 unspecified atom stereocenters. The summed E-state index contributed by atoms with van der Waals surface area (Å²) in [5, 5.41) is 0. The summed E-state index contributed by atoms with van der Waals surface area (Å²) in [5.41, 5.74) is 3.00. The molecule has 0 saturated heterocycles. The van der Waals surface area contributed by atoms with Gasteiger partial charge in [-0.2, -0.15) is 0 Å². The maximum Gasteiger partial charge on any atom is 0.125 e. The van der Waals surface area contributed by atoms with Gasteiger partial charge >= 0.3 is 0 Å². The van der Waals surface area contributed by atoms with Gasteiger partial charge in [-0.3, -0.25) is 0 Å². The molecule has 0 atom stereocenters. The Bertz CT molecular complexity index is 466. The lowest BCUT2D eigenvalue weighted by molar-refractivity contribution is 0.217. The van der Waals surface area contributed by atoms with E-state index in [1.807, 2.05) is 0 Å². The Kier molecular flexibility index (Phi) is 4.09. The predicted octanol–water partition coefficient (Wildman–Crippen LogP) is 5.12. The lowest BCUT2D eigenvalue weighted by Gasteiger charge is -2.36. The molecule has 0 bridgehead atoms. The molecular weight excluding hydrogens is 324 g/mol. The largest absolute Gasteiger partial charge is 0.493 e. The number of benzene rings is 1. The van der Waals surface area contributed by atoms with Gasteiger partial charge in [0.25, 0.3) is 0 Å². The summed E-state index contributed by atoms with van der Waals surface area (Å²) in [6, 6.07) is 4.42. The fourth-order valence-corrected chi connectivity index (χ4v) is 4.46. The maximum atomic E-state index is 6.33. The number of hydrogen-bond donors (Lipinski definition) is 0. The van der Waals surface area contributed by atoms with Crippen molar-refractivity contribution in [3.05, 3.63) is 27.7 Å². The monoisotopic (exact) mass is 342 g/mol. The van der Waals surface area contributed by atoms with Gasteiger partial charge in [-0.1, -0.05) is 35.2 Å². The second-order valence-corrected chi connectivity index (χ2v) is 7.21. The zero-order chi connectivity index (χ0) is 13.3. The van der Waals surface area contributed by atoms with Crippen molar-refractivity contribution >= 4 is 27.5 Å². The van der Waals surface area contributed by atoms with Crippen LogP contribution in [-0.4, -0.2) is 12.5 Å². The van der Waals surface area contributed by atoms with E-state index in [1.165, 1.54) is 47.7 Å². The van der Waals surface area contributed by atoms with Crippen LogP contribution < -0.4 is 4.74 Å². The summed E-state index contributed by atoms with van der Waals surface area (Å²) < 4.78 is 7.03. The number of hydrogen-bond acceptors (Lipinski definition) is 1. The smallest absolute Gasteiger partial charge is 0.125 e. The summed E-state index contributed by atoms with van der Waals surface area (Å²) >= 11 is 9.96. The molecule has 3 heteroatoms. The van der Waals surface area contributed by atoms with Crippen LogP contribution in [0.2, 0.25) is 0 Å². The zero-order valence-electron chi connectivity index (χ0n) is 11.2. The summed E-state index contributed by atoms with van der Waals surface area (Å²) in [5.74, 6) is 1.91. The van der Waals surface area contributed by atoms with Crippen LogP contribution in [0.4, 0.5) is 0 Å². The highest BCUT2D eigenvalue weighted by Crippen LogP contribution is 2.43. The van der Waals surface area contributed by atoms with Crippen molar-refractivity contribution in [2.45, 2.75) is 44.9 Å². The van der Waals surface area contributed by atoms with Crippen LogP contribution in [0.25, 0.3) is 0 Å². The highest BCUT2D eigenvalue weighted by Gasteiger charge is 2.33. The van der Waals surface area contributed by atoms with Crippen molar-refractivity contribution < 1.29 is 4.74 Å². The molecule has 0 amide bonds. The van der Waals surface area contributed by atoms with Crippen LogP contribution in [0.15, 0.2) is 16.6 Å². The van der Waals surface area contributed by atoms with E-state index in [1.54, 1.807) is 0 Å². The maximum absolute atomic E-state index is 6.33. The highest BCUT2D eigenvalue weighted by atomic mass is 79.9. The Hall–Kier alpha value is -0.210. The third-order valence-electron chi connectivity index (χ3n) is 4.59. The van der Waals surface area contributed by atoms with E-state index in [4.69, 9.17) is 16.3 Å². The summed E-state index contributed by atoms with van der Waals surface area (Å²) in [7, 11) is 0. The summed E-state index contributed by atoms with van der Waals surface area (Å²) in [4.78, 5) is 0. The van der Waals surface area contributed by atoms with Gasteiger partial charge < -0.3 is 4.74 Å². The lowest BCUT2D eigenvalue weighted by atomic mass is 9.71. The van der Waals surface area contributed by atoms with E-state index < -0.39 is 0 Å². The molecule has 3 rings (SSSR count). The van der Waals surface area contributed by atoms with Crippen LogP contribution in [0.3, 0.4) is 0 Å². The van der Waals surface area contributed by atoms with Crippen molar-refractivity contribution in [2.75, 3.05) is 12.5 Å². The minimum absolute atomic E-state index is 0.292. The second-order valence-electron chi connectivity index (χ2n) is 6.02. The van der Waals surface area contributed by atoms with Crippen molar-refractivity contribution in [2.24, 2.45) is 5.41 Å². The van der Waals surface area contributed by atoms with E-state index >= 15 is 0 Å². The van der Waals surface area contributed by atoms with Crippen LogP contribution >= 0.6 is 27.5 Å². The van der Waals surface area contributed by atoms with E-state index in [0.717, 1.165) is 31.1 Å². The first kappa shape index (κ1) is 13.8. The Morgan fingerprint density at radius 2 is 2.00 bits per heavy atom. The number of rotatable bonds is 3. The fraction of sp³-hybridized carbons (Fsp3) is 0.625. The quantitative estimate of drug-likeness (QED) is 0.692. The second kappa shape index (κ2) is 5.65. The van der Waals surface area contributed by atoms with Crippen molar-refractivity contribution in [3.8, 4) is 5.75 Å². The molecule has 1 fully saturated rings. The molecule has 0 radical (unpaired) electrons. The predicted molar refractivity (Wildman–Crippen MR) is 83.3 cm³/mol. The van der Waals surface area contributed by atoms with Gasteiger partial charge in [-0.05, 0) is 47.9 Å². The van der Waals surface area contributed by atoms with Crippen LogP contribution in [0.5, 0.6) is 5.75 Å². The highest BCUT2D eigenvalue weighted by molar-refractivity contribution is 9.10. The van der Waals surface area contributed by atoms with Gasteiger partial charge in [0.15, 0.2) is 0 Å². The van der Waals surface area contributed by atoms with Gasteiger partial charge in [0.2, 0.25) is 0 Å². The molecule has 1 nitrogen and oxygen atoms in total. The summed E-state index contributed by atoms with van der Waals surface area (Å²) in [6.07, 6.45) is 8.64. The Balaban J connectivity index is 1.90. The molecule has 104 valence electrons. The third kappa shape index (κ3) is 2.80. The topological polar surface area (TPSA) is 9.23 Å². The standard InChI is InChI=1S/C16H20BrClO/c17-14-8-12-4-7-19-15(12)13(9-14)10-16(11-18)5-2-1-3-6-16/h8-9H,1-7,10-11H2. The molecule has 1 aliphatic carbocycles. The number of alkyl halides is 1. The van der Waals surface area contributed by atoms with Crippen molar-refractivity contribution in [1.82, 2.24) is 0 Å². The summed E-state index contributed by atoms with van der Waals surface area (Å²) in [6.45, 7) is 0.826. The zero-order valence-corrected chi connectivity index (χ0v) is 13.5. The average molecular weight is 344 g/mol. The molecule has 1 aromatic rings. The molecule has 0 aromatic heterocycles. The van der Waals surface area contributed by atoms with Crippen LogP contribution in [0, 0.1) is 5.41 Å². The van der Waals surface area contributed by atoms with Crippen LogP contribution in [-0.2, 0) is 12.8 Å². The molecule has 1 aromatic carbocycles. The molecule has 2 aliphatic rings. The first-order valence-electron chi connectivity index (χ1n) is 7.23. The molecule has 0 spiro atoms. The molecular formula is C16H20BrClO. The average Bonchev–Trinajstić information content (AvgIpc) is 2.88. The fourth-order valence-electron chi connectivity index (χ4n) is 3.54. The molecule has 1 aliphatic heterocycles. The van der Waals surface area contributed by atoms with E-state index in [9.17, 15) is 0 Å². The molecule has 1 heterocycles. The SMILES string of the molecule is ClCC1(Cc2cc(Br)cc3c2OCC3)CCCCC1. The Morgan fingerprint density at radius 3 is 2.74 bits per heavy atom. The normalized spacial score (nSPS) is 20.9. The van der Waals surface area contributed by atoms with E-state index in [-0.39, 0.29) is 0 Å². The molecule has 0 N–H and O–H groups in total. The number of fused-ring (bicyclic) bond motifs is 1. The Morgan fingerprint density at radius 1 is 1.21 bits per heavy atom. The minimum atomic E-state index is 0.292. The first-order chi connectivity index (χ1) is 9.22. The van der Waals surface area contributed by atoms with Crippen molar-refractivity contribution in [3.63, 3.8) is 0 Å².